The number of hydrogen-bond donors (Lipinski definition) is 0. The molecule has 1 saturated carbocycles. The summed E-state index contributed by atoms with van der Waals surface area (Å²) in [5.41, 5.74) is 2.12. The number of aryl methyl sites for hydroxylation is 1. The fourth-order valence-electron chi connectivity index (χ4n) is 4.14. The highest BCUT2D eigenvalue weighted by Gasteiger charge is 2.37. The smallest absolute Gasteiger partial charge is 0.242 e. The lowest BCUT2D eigenvalue weighted by atomic mass is 10.0. The highest BCUT2D eigenvalue weighted by molar-refractivity contribution is 7.10. The first-order valence-corrected chi connectivity index (χ1v) is 12.3. The zero-order chi connectivity index (χ0) is 22.0. The van der Waals surface area contributed by atoms with Gasteiger partial charge in [0.05, 0.1) is 12.6 Å². The van der Waals surface area contributed by atoms with Crippen molar-refractivity contribution in [1.82, 2.24) is 9.80 Å². The average Bonchev–Trinajstić information content (AvgIpc) is 3.50. The molecule has 0 unspecified atom stereocenters. The molecule has 31 heavy (non-hydrogen) atoms. The molecule has 0 saturated heterocycles. The zero-order valence-corrected chi connectivity index (χ0v) is 19.7. The third-order valence-electron chi connectivity index (χ3n) is 6.01. The van der Waals surface area contributed by atoms with Gasteiger partial charge in [0, 0.05) is 28.9 Å². The van der Waals surface area contributed by atoms with Crippen LogP contribution >= 0.6 is 22.9 Å². The van der Waals surface area contributed by atoms with Crippen molar-refractivity contribution in [2.24, 2.45) is 5.92 Å². The van der Waals surface area contributed by atoms with Crippen LogP contribution < -0.4 is 4.74 Å². The monoisotopic (exact) mass is 460 g/mol. The number of amides is 2. The standard InChI is InChI=1S/C24H29ClN2O3S/c1-3-10-26(24(29)17-4-5-17)14-23(28)27-11-8-22-19(9-12-31-22)21(27)15-30-18-6-7-20(25)16(2)13-18/h6-7,9,12-13,17,21H,3-5,8,10-11,14-15H2,1-2H3/t21-/m0/s1. The Kier molecular flexibility index (Phi) is 6.87. The van der Waals surface area contributed by atoms with Crippen molar-refractivity contribution in [3.8, 4) is 5.75 Å². The molecule has 2 aromatic rings. The summed E-state index contributed by atoms with van der Waals surface area (Å²) < 4.78 is 6.11. The van der Waals surface area contributed by atoms with Gasteiger partial charge in [0.15, 0.2) is 0 Å². The van der Waals surface area contributed by atoms with Gasteiger partial charge in [0.25, 0.3) is 0 Å². The lowest BCUT2D eigenvalue weighted by molar-refractivity contribution is -0.143. The van der Waals surface area contributed by atoms with Gasteiger partial charge < -0.3 is 14.5 Å². The Balaban J connectivity index is 1.49. The molecule has 5 nitrogen and oxygen atoms in total. The number of halogens is 1. The molecule has 7 heteroatoms. The number of carbonyl (C=O) groups is 2. The van der Waals surface area contributed by atoms with Crippen LogP contribution in [0.3, 0.4) is 0 Å². The Hall–Kier alpha value is -2.05. The third-order valence-corrected chi connectivity index (χ3v) is 7.43. The Morgan fingerprint density at radius 1 is 1.29 bits per heavy atom. The van der Waals surface area contributed by atoms with Crippen LogP contribution in [0.4, 0.5) is 0 Å². The number of fused-ring (bicyclic) bond motifs is 1. The van der Waals surface area contributed by atoms with E-state index in [1.807, 2.05) is 36.9 Å². The minimum atomic E-state index is -0.155. The lowest BCUT2D eigenvalue weighted by Gasteiger charge is -2.37. The molecule has 2 amide bonds. The fraction of sp³-hybridized carbons (Fsp3) is 0.500. The molecule has 0 radical (unpaired) electrons. The maximum absolute atomic E-state index is 13.3. The molecular formula is C24H29ClN2O3S. The summed E-state index contributed by atoms with van der Waals surface area (Å²) in [6, 6.07) is 7.55. The number of thiophene rings is 1. The van der Waals surface area contributed by atoms with Crippen LogP contribution in [0.25, 0.3) is 0 Å². The second kappa shape index (κ2) is 9.61. The maximum atomic E-state index is 13.3. The van der Waals surface area contributed by atoms with Gasteiger partial charge in [-0.25, -0.2) is 0 Å². The number of rotatable bonds is 8. The van der Waals surface area contributed by atoms with Gasteiger partial charge in [-0.1, -0.05) is 18.5 Å². The second-order valence-electron chi connectivity index (χ2n) is 8.41. The van der Waals surface area contributed by atoms with Gasteiger partial charge in [-0.3, -0.25) is 9.59 Å². The maximum Gasteiger partial charge on any atom is 0.242 e. The molecule has 2 heterocycles. The molecule has 1 aromatic heterocycles. The highest BCUT2D eigenvalue weighted by atomic mass is 35.5. The van der Waals surface area contributed by atoms with E-state index in [0.717, 1.165) is 42.6 Å². The second-order valence-corrected chi connectivity index (χ2v) is 9.82. The highest BCUT2D eigenvalue weighted by Crippen LogP contribution is 2.35. The number of carbonyl (C=O) groups excluding carboxylic acids is 2. The van der Waals surface area contributed by atoms with Crippen molar-refractivity contribution < 1.29 is 14.3 Å². The van der Waals surface area contributed by atoms with Crippen molar-refractivity contribution in [2.45, 2.75) is 45.6 Å². The summed E-state index contributed by atoms with van der Waals surface area (Å²) in [6.45, 7) is 5.80. The first-order valence-electron chi connectivity index (χ1n) is 11.0. The minimum Gasteiger partial charge on any atom is -0.491 e. The molecule has 1 aliphatic heterocycles. The number of nitrogens with zero attached hydrogens (tertiary/aromatic N) is 2. The van der Waals surface area contributed by atoms with E-state index < -0.39 is 0 Å². The fourth-order valence-corrected chi connectivity index (χ4v) is 5.18. The van der Waals surface area contributed by atoms with Crippen LogP contribution in [0, 0.1) is 12.8 Å². The molecule has 1 fully saturated rings. The number of benzene rings is 1. The Morgan fingerprint density at radius 3 is 2.81 bits per heavy atom. The third kappa shape index (κ3) is 5.07. The molecule has 1 atom stereocenters. The van der Waals surface area contributed by atoms with Crippen LogP contribution in [0.15, 0.2) is 29.6 Å². The van der Waals surface area contributed by atoms with E-state index in [1.165, 1.54) is 4.88 Å². The van der Waals surface area contributed by atoms with E-state index in [2.05, 4.69) is 11.4 Å². The van der Waals surface area contributed by atoms with Crippen LogP contribution in [-0.2, 0) is 16.0 Å². The van der Waals surface area contributed by atoms with Crippen molar-refractivity contribution in [3.05, 3.63) is 50.7 Å². The van der Waals surface area contributed by atoms with E-state index in [9.17, 15) is 9.59 Å². The van der Waals surface area contributed by atoms with Crippen molar-refractivity contribution in [1.29, 1.82) is 0 Å². The SMILES string of the molecule is CCCN(CC(=O)N1CCc2sccc2[C@@H]1COc1ccc(Cl)c(C)c1)C(=O)C1CC1. The van der Waals surface area contributed by atoms with Crippen molar-refractivity contribution >= 4 is 34.8 Å². The molecule has 166 valence electrons. The molecule has 2 aliphatic rings. The zero-order valence-electron chi connectivity index (χ0n) is 18.1. The normalized spacial score (nSPS) is 17.9. The molecule has 1 aromatic carbocycles. The van der Waals surface area contributed by atoms with Gasteiger partial charge in [0.2, 0.25) is 11.8 Å². The largest absolute Gasteiger partial charge is 0.491 e. The van der Waals surface area contributed by atoms with Gasteiger partial charge in [0.1, 0.15) is 12.4 Å². The molecule has 1 aliphatic carbocycles. The summed E-state index contributed by atoms with van der Waals surface area (Å²) in [7, 11) is 0. The predicted octanol–water partition coefficient (Wildman–Crippen LogP) is 4.86. The van der Waals surface area contributed by atoms with E-state index >= 15 is 0 Å². The van der Waals surface area contributed by atoms with Gasteiger partial charge >= 0.3 is 0 Å². The number of ether oxygens (including phenoxy) is 1. The first-order chi connectivity index (χ1) is 15.0. The Bertz CT molecular complexity index is 956. The van der Waals surface area contributed by atoms with Crippen LogP contribution in [0.1, 0.15) is 48.2 Å². The van der Waals surface area contributed by atoms with Crippen LogP contribution in [0.5, 0.6) is 5.75 Å². The minimum absolute atomic E-state index is 0.000173. The molecule has 0 N–H and O–H groups in total. The lowest BCUT2D eigenvalue weighted by Crippen LogP contribution is -2.48. The van der Waals surface area contributed by atoms with E-state index in [4.69, 9.17) is 16.3 Å². The summed E-state index contributed by atoms with van der Waals surface area (Å²) in [6.07, 6.45) is 3.60. The molecule has 0 spiro atoms. The summed E-state index contributed by atoms with van der Waals surface area (Å²) in [5.74, 6) is 0.998. The van der Waals surface area contributed by atoms with E-state index in [1.54, 1.807) is 16.2 Å². The summed E-state index contributed by atoms with van der Waals surface area (Å²) >= 11 is 7.87. The molecular weight excluding hydrogens is 432 g/mol. The summed E-state index contributed by atoms with van der Waals surface area (Å²) in [5, 5.41) is 2.79. The first kappa shape index (κ1) is 22.2. The van der Waals surface area contributed by atoms with Crippen molar-refractivity contribution in [3.63, 3.8) is 0 Å². The van der Waals surface area contributed by atoms with E-state index in [-0.39, 0.29) is 30.3 Å². The molecule has 0 bridgehead atoms. The topological polar surface area (TPSA) is 49.9 Å². The summed E-state index contributed by atoms with van der Waals surface area (Å²) in [4.78, 5) is 31.0. The average molecular weight is 461 g/mol. The van der Waals surface area contributed by atoms with Gasteiger partial charge in [-0.05, 0) is 73.4 Å². The Morgan fingerprint density at radius 2 is 2.10 bits per heavy atom. The van der Waals surface area contributed by atoms with Gasteiger partial charge in [-0.2, -0.15) is 0 Å². The van der Waals surface area contributed by atoms with Crippen molar-refractivity contribution in [2.75, 3.05) is 26.2 Å². The van der Waals surface area contributed by atoms with Gasteiger partial charge in [-0.15, -0.1) is 11.3 Å². The predicted molar refractivity (Wildman–Crippen MR) is 124 cm³/mol. The Labute approximate surface area is 192 Å². The number of hydrogen-bond acceptors (Lipinski definition) is 4. The van der Waals surface area contributed by atoms with E-state index in [0.29, 0.717) is 24.7 Å². The quantitative estimate of drug-likeness (QED) is 0.565. The van der Waals surface area contributed by atoms with Crippen LogP contribution in [0.2, 0.25) is 5.02 Å². The van der Waals surface area contributed by atoms with Crippen LogP contribution in [-0.4, -0.2) is 47.9 Å². The molecule has 4 rings (SSSR count).